The number of aromatic nitrogens is 1. The van der Waals surface area contributed by atoms with Crippen LogP contribution in [0.15, 0.2) is 59.9 Å². The van der Waals surface area contributed by atoms with E-state index >= 15 is 0 Å². The Morgan fingerprint density at radius 1 is 0.938 bits per heavy atom. The van der Waals surface area contributed by atoms with Gasteiger partial charge in [0.2, 0.25) is 0 Å². The largest absolute Gasteiger partial charge is 0.256 e. The highest BCUT2D eigenvalue weighted by Crippen LogP contribution is 2.03. The molecule has 0 amide bonds. The van der Waals surface area contributed by atoms with Gasteiger partial charge in [0.15, 0.2) is 0 Å². The van der Waals surface area contributed by atoms with Crippen LogP contribution in [0.4, 0.5) is 0 Å². The van der Waals surface area contributed by atoms with Gasteiger partial charge in [0.1, 0.15) is 0 Å². The fraction of sp³-hybridized carbons (Fsp3) is 0. The Labute approximate surface area is 93.0 Å². The summed E-state index contributed by atoms with van der Waals surface area (Å²) < 4.78 is 0. The van der Waals surface area contributed by atoms with E-state index in [0.29, 0.717) is 0 Å². The zero-order chi connectivity index (χ0) is 10.8. The first-order valence-corrected chi connectivity index (χ1v) is 5.20. The Kier molecular flexibility index (Phi) is 2.11. The number of benzene rings is 1. The molecule has 2 heteroatoms. The molecular weight excluding hydrogens is 196 g/mol. The molecule has 2 aromatic rings. The molecule has 0 atom stereocenters. The van der Waals surface area contributed by atoms with Crippen LogP contribution >= 0.6 is 0 Å². The second-order valence-electron chi connectivity index (χ2n) is 3.60. The standard InChI is InChI=1S/C14H10N2/c1-2-6-12-13(15-9-3-1)8-7-11-5-4-10-16-14(11)12/h1-10H/b2-1-,3-1?,6-2?,9-3-,12-6+,15-9?,15-13-. The Bertz CT molecular complexity index is 709. The Morgan fingerprint density at radius 2 is 1.94 bits per heavy atom. The van der Waals surface area contributed by atoms with E-state index in [1.165, 1.54) is 0 Å². The maximum absolute atomic E-state index is 4.42. The minimum absolute atomic E-state index is 0.965. The highest BCUT2D eigenvalue weighted by Gasteiger charge is 1.97. The van der Waals surface area contributed by atoms with Gasteiger partial charge in [0.05, 0.1) is 10.9 Å². The van der Waals surface area contributed by atoms with Crippen molar-refractivity contribution in [1.29, 1.82) is 0 Å². The van der Waals surface area contributed by atoms with Gasteiger partial charge in [-0.05, 0) is 18.2 Å². The lowest BCUT2D eigenvalue weighted by atomic mass is 10.1. The molecule has 76 valence electrons. The second kappa shape index (κ2) is 3.74. The SMILES string of the molecule is C1=C\C=c2/c(ccc3cccnc23)=N\C=C/1. The molecule has 0 saturated heterocycles. The molecule has 1 aromatic heterocycles. The van der Waals surface area contributed by atoms with Crippen LogP contribution in [0.1, 0.15) is 0 Å². The van der Waals surface area contributed by atoms with Crippen molar-refractivity contribution in [1.82, 2.24) is 4.98 Å². The van der Waals surface area contributed by atoms with E-state index in [1.807, 2.05) is 36.6 Å². The molecule has 0 spiro atoms. The molecular formula is C14H10N2. The predicted molar refractivity (Wildman–Crippen MR) is 65.3 cm³/mol. The van der Waals surface area contributed by atoms with Crippen molar-refractivity contribution in [3.05, 3.63) is 65.5 Å². The van der Waals surface area contributed by atoms with E-state index in [-0.39, 0.29) is 0 Å². The maximum atomic E-state index is 4.42. The summed E-state index contributed by atoms with van der Waals surface area (Å²) in [4.78, 5) is 8.81. The summed E-state index contributed by atoms with van der Waals surface area (Å²) in [6.07, 6.45) is 11.6. The van der Waals surface area contributed by atoms with Crippen molar-refractivity contribution in [3.8, 4) is 0 Å². The van der Waals surface area contributed by atoms with Crippen LogP contribution in [-0.4, -0.2) is 4.98 Å². The van der Waals surface area contributed by atoms with Crippen molar-refractivity contribution in [2.45, 2.75) is 0 Å². The second-order valence-corrected chi connectivity index (χ2v) is 3.60. The lowest BCUT2D eigenvalue weighted by molar-refractivity contribution is 1.29. The quantitative estimate of drug-likeness (QED) is 0.644. The van der Waals surface area contributed by atoms with Crippen molar-refractivity contribution in [2.24, 2.45) is 4.99 Å². The summed E-state index contributed by atoms with van der Waals surface area (Å²) in [5.41, 5.74) is 1.00. The van der Waals surface area contributed by atoms with Gasteiger partial charge in [-0.25, -0.2) is 0 Å². The number of hydrogen-bond donors (Lipinski definition) is 0. The molecule has 2 nitrogen and oxygen atoms in total. The third-order valence-electron chi connectivity index (χ3n) is 2.58. The van der Waals surface area contributed by atoms with Gasteiger partial charge < -0.3 is 0 Å². The predicted octanol–water partition coefficient (Wildman–Crippen LogP) is 1.72. The van der Waals surface area contributed by atoms with Crippen LogP contribution in [0.3, 0.4) is 0 Å². The highest BCUT2D eigenvalue weighted by atomic mass is 14.7. The van der Waals surface area contributed by atoms with E-state index in [0.717, 1.165) is 21.5 Å². The van der Waals surface area contributed by atoms with Crippen LogP contribution < -0.4 is 10.6 Å². The normalized spacial score (nSPS) is 21.8. The van der Waals surface area contributed by atoms with Crippen LogP contribution in [0.25, 0.3) is 17.0 Å². The molecule has 0 saturated carbocycles. The molecule has 0 fully saturated rings. The number of nitrogens with zero attached hydrogens (tertiary/aromatic N) is 2. The summed E-state index contributed by atoms with van der Waals surface area (Å²) in [5.74, 6) is 0. The molecule has 0 N–H and O–H groups in total. The molecule has 0 bridgehead atoms. The van der Waals surface area contributed by atoms with Crippen molar-refractivity contribution in [3.63, 3.8) is 0 Å². The monoisotopic (exact) mass is 206 g/mol. The first-order valence-electron chi connectivity index (χ1n) is 5.20. The molecule has 3 rings (SSSR count). The fourth-order valence-electron chi connectivity index (χ4n) is 1.82. The van der Waals surface area contributed by atoms with E-state index < -0.39 is 0 Å². The number of fused-ring (bicyclic) bond motifs is 3. The van der Waals surface area contributed by atoms with Crippen molar-refractivity contribution < 1.29 is 0 Å². The average molecular weight is 206 g/mol. The maximum Gasteiger partial charge on any atom is 0.0795 e. The third-order valence-corrected chi connectivity index (χ3v) is 2.58. The molecule has 1 aliphatic rings. The number of allylic oxidation sites excluding steroid dienone is 3. The van der Waals surface area contributed by atoms with Crippen molar-refractivity contribution in [2.75, 3.05) is 0 Å². The van der Waals surface area contributed by atoms with E-state index in [9.17, 15) is 0 Å². The number of pyridine rings is 1. The molecule has 16 heavy (non-hydrogen) atoms. The first kappa shape index (κ1) is 9.04. The summed E-state index contributed by atoms with van der Waals surface area (Å²) in [5, 5.41) is 3.19. The summed E-state index contributed by atoms with van der Waals surface area (Å²) in [6, 6.07) is 8.09. The number of hydrogen-bond acceptors (Lipinski definition) is 2. The summed E-state index contributed by atoms with van der Waals surface area (Å²) in [6.45, 7) is 0. The molecule has 1 aliphatic heterocycles. The zero-order valence-corrected chi connectivity index (χ0v) is 8.67. The van der Waals surface area contributed by atoms with Gasteiger partial charge >= 0.3 is 0 Å². The summed E-state index contributed by atoms with van der Waals surface area (Å²) >= 11 is 0. The minimum Gasteiger partial charge on any atom is -0.256 e. The number of rotatable bonds is 0. The van der Waals surface area contributed by atoms with Crippen molar-refractivity contribution >= 4 is 17.0 Å². The Balaban J connectivity index is 2.55. The van der Waals surface area contributed by atoms with E-state index in [4.69, 9.17) is 0 Å². The van der Waals surface area contributed by atoms with Gasteiger partial charge in [0.25, 0.3) is 0 Å². The van der Waals surface area contributed by atoms with Crippen LogP contribution in [0, 0.1) is 0 Å². The summed E-state index contributed by atoms with van der Waals surface area (Å²) in [7, 11) is 0. The molecule has 2 heterocycles. The molecule has 1 aromatic carbocycles. The Morgan fingerprint density at radius 3 is 2.94 bits per heavy atom. The molecule has 0 aliphatic carbocycles. The van der Waals surface area contributed by atoms with Crippen LogP contribution in [0.5, 0.6) is 0 Å². The minimum atomic E-state index is 0.965. The van der Waals surface area contributed by atoms with Gasteiger partial charge in [-0.1, -0.05) is 30.4 Å². The van der Waals surface area contributed by atoms with Gasteiger partial charge in [-0.3, -0.25) is 9.98 Å². The fourth-order valence-corrected chi connectivity index (χ4v) is 1.82. The lowest BCUT2D eigenvalue weighted by Crippen LogP contribution is -2.25. The first-order chi connectivity index (χ1) is 7.95. The average Bonchev–Trinajstić information content (AvgIpc) is 2.29. The Hall–Kier alpha value is -2.22. The highest BCUT2D eigenvalue weighted by molar-refractivity contribution is 5.79. The van der Waals surface area contributed by atoms with Crippen LogP contribution in [0.2, 0.25) is 0 Å². The van der Waals surface area contributed by atoms with E-state index in [2.05, 4.69) is 28.2 Å². The molecule has 0 radical (unpaired) electrons. The third kappa shape index (κ3) is 1.44. The lowest BCUT2D eigenvalue weighted by Gasteiger charge is -1.98. The van der Waals surface area contributed by atoms with Gasteiger partial charge in [0, 0.05) is 23.0 Å². The van der Waals surface area contributed by atoms with Gasteiger partial charge in [-0.2, -0.15) is 0 Å². The molecule has 0 unspecified atom stereocenters. The zero-order valence-electron chi connectivity index (χ0n) is 8.67. The van der Waals surface area contributed by atoms with Gasteiger partial charge in [-0.15, -0.1) is 0 Å². The van der Waals surface area contributed by atoms with Crippen LogP contribution in [-0.2, 0) is 0 Å². The van der Waals surface area contributed by atoms with E-state index in [1.54, 1.807) is 6.20 Å². The topological polar surface area (TPSA) is 25.2 Å². The smallest absolute Gasteiger partial charge is 0.0795 e.